The summed E-state index contributed by atoms with van der Waals surface area (Å²) in [5.74, 6) is 5.40. The van der Waals surface area contributed by atoms with Gasteiger partial charge in [0.2, 0.25) is 0 Å². The van der Waals surface area contributed by atoms with Crippen molar-refractivity contribution >= 4 is 28.9 Å². The van der Waals surface area contributed by atoms with Gasteiger partial charge in [-0.2, -0.15) is 5.10 Å². The normalized spacial score (nSPS) is 17.5. The Morgan fingerprint density at radius 1 is 1.24 bits per heavy atom. The Balaban J connectivity index is 1.40. The molecule has 2 aliphatic heterocycles. The van der Waals surface area contributed by atoms with Crippen molar-refractivity contribution in [2.75, 3.05) is 18.6 Å². The van der Waals surface area contributed by atoms with Crippen molar-refractivity contribution in [1.82, 2.24) is 5.32 Å². The predicted octanol–water partition coefficient (Wildman–Crippen LogP) is 2.09. The number of carbonyl (C=O) groups is 2. The highest BCUT2D eigenvalue weighted by Crippen LogP contribution is 2.31. The molecule has 8 nitrogen and oxygen atoms in total. The van der Waals surface area contributed by atoms with Gasteiger partial charge in [-0.15, -0.1) is 5.10 Å². The van der Waals surface area contributed by atoms with Crippen molar-refractivity contribution in [2.24, 2.45) is 10.2 Å². The largest absolute Gasteiger partial charge is 0.489 e. The molecule has 1 atom stereocenters. The van der Waals surface area contributed by atoms with Crippen LogP contribution >= 0.6 is 0 Å². The number of nitrogens with one attached hydrogen (secondary N) is 1. The van der Waals surface area contributed by atoms with E-state index in [1.165, 1.54) is 4.90 Å². The van der Waals surface area contributed by atoms with E-state index in [1.54, 1.807) is 39.1 Å². The van der Waals surface area contributed by atoms with Crippen LogP contribution in [-0.2, 0) is 16.0 Å². The molecule has 2 heterocycles. The Labute approximate surface area is 198 Å². The molecule has 0 aliphatic carbocycles. The Bertz CT molecular complexity index is 1230. The third kappa shape index (κ3) is 5.50. The number of likely N-dealkylation sites (N-methyl/N-ethyl adjacent to an activating group) is 1. The van der Waals surface area contributed by atoms with E-state index in [1.807, 2.05) is 30.3 Å². The molecule has 4 rings (SSSR count). The number of carbonyl (C=O) groups excluding carboxylic acids is 2. The molecule has 0 spiro atoms. The zero-order valence-corrected chi connectivity index (χ0v) is 19.3. The number of amides is 2. The fraction of sp³-hybridized carbons (Fsp3) is 0.308. The molecule has 8 heteroatoms. The summed E-state index contributed by atoms with van der Waals surface area (Å²) < 4.78 is 5.82. The molecule has 2 aromatic rings. The second-order valence-corrected chi connectivity index (χ2v) is 8.78. The Kier molecular flexibility index (Phi) is 6.48. The monoisotopic (exact) mass is 458 g/mol. The minimum Gasteiger partial charge on any atom is -0.489 e. The first-order valence-corrected chi connectivity index (χ1v) is 11.0. The molecule has 34 heavy (non-hydrogen) atoms. The second-order valence-electron chi connectivity index (χ2n) is 8.78. The van der Waals surface area contributed by atoms with Crippen LogP contribution in [0.3, 0.4) is 0 Å². The first-order valence-electron chi connectivity index (χ1n) is 11.0. The van der Waals surface area contributed by atoms with Gasteiger partial charge < -0.3 is 20.1 Å². The summed E-state index contributed by atoms with van der Waals surface area (Å²) in [6.07, 6.45) is 0.950. The lowest BCUT2D eigenvalue weighted by molar-refractivity contribution is -0.124. The third-order valence-electron chi connectivity index (χ3n) is 5.37. The van der Waals surface area contributed by atoms with Gasteiger partial charge in [-0.1, -0.05) is 42.2 Å². The van der Waals surface area contributed by atoms with Gasteiger partial charge in [0.05, 0.1) is 11.4 Å². The van der Waals surface area contributed by atoms with Gasteiger partial charge in [0, 0.05) is 25.5 Å². The fourth-order valence-electron chi connectivity index (χ4n) is 3.60. The summed E-state index contributed by atoms with van der Waals surface area (Å²) in [6.45, 7) is 3.18. The predicted molar refractivity (Wildman–Crippen MR) is 130 cm³/mol. The summed E-state index contributed by atoms with van der Waals surface area (Å²) in [7, 11) is 1.62. The molecule has 0 fully saturated rings. The third-order valence-corrected chi connectivity index (χ3v) is 5.37. The van der Waals surface area contributed by atoms with Crippen molar-refractivity contribution in [2.45, 2.75) is 38.3 Å². The van der Waals surface area contributed by atoms with Crippen LogP contribution in [0.2, 0.25) is 0 Å². The molecule has 0 saturated carbocycles. The zero-order chi connectivity index (χ0) is 24.3. The van der Waals surface area contributed by atoms with E-state index in [-0.39, 0.29) is 18.2 Å². The Morgan fingerprint density at radius 2 is 2.00 bits per heavy atom. The number of hydrogen-bond acceptors (Lipinski definition) is 6. The van der Waals surface area contributed by atoms with Crippen LogP contribution in [-0.4, -0.2) is 53.6 Å². The number of aliphatic hydroxyl groups is 1. The van der Waals surface area contributed by atoms with Crippen molar-refractivity contribution in [3.63, 3.8) is 0 Å². The summed E-state index contributed by atoms with van der Waals surface area (Å²) in [5.41, 5.74) is 2.20. The summed E-state index contributed by atoms with van der Waals surface area (Å²) in [4.78, 5) is 27.3. The van der Waals surface area contributed by atoms with Crippen LogP contribution in [0.4, 0.5) is 5.69 Å². The number of anilines is 1. The highest BCUT2D eigenvalue weighted by molar-refractivity contribution is 6.43. The van der Waals surface area contributed by atoms with Gasteiger partial charge in [0.15, 0.2) is 0 Å². The van der Waals surface area contributed by atoms with Crippen molar-refractivity contribution in [1.29, 1.82) is 0 Å². The fourth-order valence-corrected chi connectivity index (χ4v) is 3.60. The van der Waals surface area contributed by atoms with E-state index in [9.17, 15) is 14.7 Å². The SMILES string of the molecule is CN1C(=O)[C@@H](NC(=O)C2=NN=C(Cc3ccccc3)C2)COc2ccc(C#CC(C)(C)O)cc21. The molecular formula is C26H26N4O4. The molecular weight excluding hydrogens is 432 g/mol. The second kappa shape index (κ2) is 9.49. The number of rotatable bonds is 4. The lowest BCUT2D eigenvalue weighted by atomic mass is 10.0. The van der Waals surface area contributed by atoms with Gasteiger partial charge in [0.25, 0.3) is 11.8 Å². The van der Waals surface area contributed by atoms with Gasteiger partial charge in [-0.3, -0.25) is 9.59 Å². The number of benzene rings is 2. The van der Waals surface area contributed by atoms with E-state index < -0.39 is 17.6 Å². The molecule has 0 bridgehead atoms. The highest BCUT2D eigenvalue weighted by atomic mass is 16.5. The molecule has 2 aromatic carbocycles. The molecule has 0 radical (unpaired) electrons. The van der Waals surface area contributed by atoms with E-state index in [4.69, 9.17) is 4.74 Å². The van der Waals surface area contributed by atoms with Gasteiger partial charge >= 0.3 is 0 Å². The molecule has 2 N–H and O–H groups in total. The minimum absolute atomic E-state index is 0.0123. The Hall–Kier alpha value is -3.96. The first kappa shape index (κ1) is 23.2. The van der Waals surface area contributed by atoms with Crippen LogP contribution < -0.4 is 15.0 Å². The van der Waals surface area contributed by atoms with Crippen LogP contribution in [0, 0.1) is 11.8 Å². The number of hydrogen-bond donors (Lipinski definition) is 2. The van der Waals surface area contributed by atoms with Gasteiger partial charge in [-0.05, 0) is 37.6 Å². The molecule has 0 unspecified atom stereocenters. The molecule has 2 aliphatic rings. The summed E-state index contributed by atoms with van der Waals surface area (Å²) in [6, 6.07) is 14.2. The smallest absolute Gasteiger partial charge is 0.268 e. The van der Waals surface area contributed by atoms with Crippen LogP contribution in [0.1, 0.15) is 31.4 Å². The van der Waals surface area contributed by atoms with Crippen LogP contribution in [0.25, 0.3) is 0 Å². The average Bonchev–Trinajstić information content (AvgIpc) is 3.24. The number of nitrogens with zero attached hydrogens (tertiary/aromatic N) is 3. The van der Waals surface area contributed by atoms with E-state index in [2.05, 4.69) is 27.4 Å². The first-order chi connectivity index (χ1) is 16.2. The molecule has 0 saturated heterocycles. The molecule has 0 aromatic heterocycles. The quantitative estimate of drug-likeness (QED) is 0.685. The number of ether oxygens (including phenoxy) is 1. The van der Waals surface area contributed by atoms with Crippen molar-refractivity contribution in [3.05, 3.63) is 59.7 Å². The standard InChI is InChI=1S/C26H26N4O4/c1-26(2,33)12-11-18-9-10-23-22(14-18)30(3)25(32)21(16-34-23)27-24(31)20-15-19(28-29-20)13-17-7-5-4-6-8-17/h4-10,14,21,33H,13,15-16H2,1-3H3,(H,27,31)/t21-/m0/s1. The summed E-state index contributed by atoms with van der Waals surface area (Å²) >= 11 is 0. The van der Waals surface area contributed by atoms with E-state index >= 15 is 0 Å². The zero-order valence-electron chi connectivity index (χ0n) is 19.3. The number of fused-ring (bicyclic) bond motifs is 1. The summed E-state index contributed by atoms with van der Waals surface area (Å²) in [5, 5.41) is 20.7. The van der Waals surface area contributed by atoms with Crippen LogP contribution in [0.5, 0.6) is 5.75 Å². The van der Waals surface area contributed by atoms with Crippen molar-refractivity contribution < 1.29 is 19.4 Å². The minimum atomic E-state index is -1.13. The molecule has 174 valence electrons. The lowest BCUT2D eigenvalue weighted by Gasteiger charge is -2.20. The van der Waals surface area contributed by atoms with Crippen molar-refractivity contribution in [3.8, 4) is 17.6 Å². The maximum atomic E-state index is 13.1. The maximum Gasteiger partial charge on any atom is 0.268 e. The Morgan fingerprint density at radius 3 is 2.74 bits per heavy atom. The van der Waals surface area contributed by atoms with Crippen LogP contribution in [0.15, 0.2) is 58.7 Å². The van der Waals surface area contributed by atoms with Gasteiger partial charge in [-0.25, -0.2) is 0 Å². The molecule has 2 amide bonds. The lowest BCUT2D eigenvalue weighted by Crippen LogP contribution is -2.51. The van der Waals surface area contributed by atoms with E-state index in [0.717, 1.165) is 11.3 Å². The van der Waals surface area contributed by atoms with E-state index in [0.29, 0.717) is 29.8 Å². The highest BCUT2D eigenvalue weighted by Gasteiger charge is 2.32. The average molecular weight is 459 g/mol. The maximum absolute atomic E-state index is 13.1. The van der Waals surface area contributed by atoms with Gasteiger partial charge in [0.1, 0.15) is 29.7 Å². The topological polar surface area (TPSA) is 104 Å².